The summed E-state index contributed by atoms with van der Waals surface area (Å²) in [5.74, 6) is 0. The zero-order valence-corrected chi connectivity index (χ0v) is 11.2. The van der Waals surface area contributed by atoms with Crippen LogP contribution in [-0.2, 0) is 6.54 Å². The molecule has 1 N–H and O–H groups in total. The Morgan fingerprint density at radius 1 is 1.53 bits per heavy atom. The lowest BCUT2D eigenvalue weighted by atomic mass is 10.1. The van der Waals surface area contributed by atoms with Crippen LogP contribution in [0.4, 0.5) is 11.4 Å². The highest BCUT2D eigenvalue weighted by Gasteiger charge is 2.17. The van der Waals surface area contributed by atoms with Crippen LogP contribution < -0.4 is 5.32 Å². The molecule has 0 unspecified atom stereocenters. The molecule has 0 heterocycles. The minimum atomic E-state index is -0.378. The van der Waals surface area contributed by atoms with E-state index in [-0.39, 0.29) is 10.6 Å². The maximum absolute atomic E-state index is 11.0. The first-order valence-corrected chi connectivity index (χ1v) is 6.15. The Morgan fingerprint density at radius 2 is 2.26 bits per heavy atom. The summed E-state index contributed by atoms with van der Waals surface area (Å²) in [4.78, 5) is 12.6. The van der Waals surface area contributed by atoms with Gasteiger partial charge in [-0.25, -0.2) is 0 Å². The second-order valence-corrected chi connectivity index (χ2v) is 4.24. The SMILES string of the molecule is CCNc1c(CN(C)CCC#N)cccc1[N+](=O)[O-]. The third-order valence-electron chi connectivity index (χ3n) is 2.72. The molecule has 1 aromatic rings. The Labute approximate surface area is 112 Å². The van der Waals surface area contributed by atoms with E-state index in [1.54, 1.807) is 6.07 Å². The third-order valence-corrected chi connectivity index (χ3v) is 2.72. The summed E-state index contributed by atoms with van der Waals surface area (Å²) in [5.41, 5.74) is 1.53. The van der Waals surface area contributed by atoms with Crippen molar-refractivity contribution in [3.63, 3.8) is 0 Å². The third kappa shape index (κ3) is 4.23. The molecule has 0 fully saturated rings. The topological polar surface area (TPSA) is 82.2 Å². The van der Waals surface area contributed by atoms with Gasteiger partial charge in [0.15, 0.2) is 0 Å². The maximum Gasteiger partial charge on any atom is 0.292 e. The fourth-order valence-corrected chi connectivity index (χ4v) is 1.86. The monoisotopic (exact) mass is 262 g/mol. The Hall–Kier alpha value is -2.13. The lowest BCUT2D eigenvalue weighted by Crippen LogP contribution is -2.20. The number of nitriles is 1. The van der Waals surface area contributed by atoms with Gasteiger partial charge in [0.25, 0.3) is 5.69 Å². The first kappa shape index (κ1) is 14.9. The number of hydrogen-bond acceptors (Lipinski definition) is 5. The van der Waals surface area contributed by atoms with Gasteiger partial charge < -0.3 is 10.2 Å². The Morgan fingerprint density at radius 3 is 2.84 bits per heavy atom. The molecular weight excluding hydrogens is 244 g/mol. The predicted octanol–water partition coefficient (Wildman–Crippen LogP) is 2.37. The predicted molar refractivity (Wildman–Crippen MR) is 73.8 cm³/mol. The van der Waals surface area contributed by atoms with Crippen LogP contribution in [0.2, 0.25) is 0 Å². The van der Waals surface area contributed by atoms with E-state index in [1.807, 2.05) is 24.9 Å². The lowest BCUT2D eigenvalue weighted by molar-refractivity contribution is -0.384. The smallest absolute Gasteiger partial charge is 0.292 e. The Balaban J connectivity index is 2.96. The molecule has 1 rings (SSSR count). The van der Waals surface area contributed by atoms with Gasteiger partial charge in [0, 0.05) is 32.1 Å². The number of nitrogens with zero attached hydrogens (tertiary/aromatic N) is 3. The molecule has 0 spiro atoms. The van der Waals surface area contributed by atoms with Crippen LogP contribution in [-0.4, -0.2) is 30.0 Å². The van der Waals surface area contributed by atoms with Crippen LogP contribution in [0.3, 0.4) is 0 Å². The van der Waals surface area contributed by atoms with Crippen molar-refractivity contribution in [2.45, 2.75) is 19.9 Å². The van der Waals surface area contributed by atoms with Crippen molar-refractivity contribution in [3.8, 4) is 6.07 Å². The van der Waals surface area contributed by atoms with E-state index in [4.69, 9.17) is 5.26 Å². The van der Waals surface area contributed by atoms with Crippen molar-refractivity contribution < 1.29 is 4.92 Å². The van der Waals surface area contributed by atoms with Crippen LogP contribution in [0, 0.1) is 21.4 Å². The first-order chi connectivity index (χ1) is 9.10. The van der Waals surface area contributed by atoms with Gasteiger partial charge in [-0.15, -0.1) is 0 Å². The lowest BCUT2D eigenvalue weighted by Gasteiger charge is -2.18. The molecular formula is C13H18N4O2. The van der Waals surface area contributed by atoms with Gasteiger partial charge in [0.1, 0.15) is 5.69 Å². The quantitative estimate of drug-likeness (QED) is 0.602. The number of anilines is 1. The molecule has 0 aliphatic rings. The molecule has 6 nitrogen and oxygen atoms in total. The van der Waals surface area contributed by atoms with Gasteiger partial charge in [0.2, 0.25) is 0 Å². The number of nitro benzene ring substituents is 1. The maximum atomic E-state index is 11.0. The second-order valence-electron chi connectivity index (χ2n) is 4.24. The van der Waals surface area contributed by atoms with Crippen molar-refractivity contribution in [2.75, 3.05) is 25.5 Å². The van der Waals surface area contributed by atoms with E-state index >= 15 is 0 Å². The average molecular weight is 262 g/mol. The molecule has 19 heavy (non-hydrogen) atoms. The van der Waals surface area contributed by atoms with Gasteiger partial charge >= 0.3 is 0 Å². The van der Waals surface area contributed by atoms with E-state index in [0.29, 0.717) is 31.7 Å². The number of benzene rings is 1. The van der Waals surface area contributed by atoms with Gasteiger partial charge in [-0.1, -0.05) is 12.1 Å². The van der Waals surface area contributed by atoms with Gasteiger partial charge in [-0.2, -0.15) is 5.26 Å². The minimum Gasteiger partial charge on any atom is -0.380 e. The Kier molecular flexibility index (Phi) is 5.76. The number of rotatable bonds is 7. The van der Waals surface area contributed by atoms with Crippen molar-refractivity contribution in [1.82, 2.24) is 4.90 Å². The molecule has 1 aromatic carbocycles. The van der Waals surface area contributed by atoms with Crippen molar-refractivity contribution in [3.05, 3.63) is 33.9 Å². The number of nitro groups is 1. The molecule has 0 bridgehead atoms. The number of nitrogens with one attached hydrogen (secondary N) is 1. The van der Waals surface area contributed by atoms with E-state index in [9.17, 15) is 10.1 Å². The molecule has 0 atom stereocenters. The highest BCUT2D eigenvalue weighted by Crippen LogP contribution is 2.28. The summed E-state index contributed by atoms with van der Waals surface area (Å²) < 4.78 is 0. The van der Waals surface area contributed by atoms with E-state index in [0.717, 1.165) is 5.56 Å². The molecule has 0 amide bonds. The van der Waals surface area contributed by atoms with E-state index < -0.39 is 0 Å². The zero-order valence-electron chi connectivity index (χ0n) is 11.2. The minimum absolute atomic E-state index is 0.0908. The van der Waals surface area contributed by atoms with Crippen molar-refractivity contribution in [2.24, 2.45) is 0 Å². The molecule has 0 saturated heterocycles. The molecule has 6 heteroatoms. The summed E-state index contributed by atoms with van der Waals surface area (Å²) in [6.45, 7) is 3.75. The van der Waals surface area contributed by atoms with Gasteiger partial charge in [-0.3, -0.25) is 10.1 Å². The summed E-state index contributed by atoms with van der Waals surface area (Å²) in [5, 5.41) is 22.6. The highest BCUT2D eigenvalue weighted by molar-refractivity contribution is 5.66. The standard InChI is InChI=1S/C13H18N4O2/c1-3-15-13-11(10-16(2)9-5-8-14)6-4-7-12(13)17(18)19/h4,6-7,15H,3,5,9-10H2,1-2H3. The Bertz CT molecular complexity index is 482. The fraction of sp³-hybridized carbons (Fsp3) is 0.462. The largest absolute Gasteiger partial charge is 0.380 e. The molecule has 0 saturated carbocycles. The average Bonchev–Trinajstić information content (AvgIpc) is 2.38. The van der Waals surface area contributed by atoms with Gasteiger partial charge in [0.05, 0.1) is 11.0 Å². The normalized spacial score (nSPS) is 10.2. The molecule has 102 valence electrons. The summed E-state index contributed by atoms with van der Waals surface area (Å²) in [6, 6.07) is 7.14. The van der Waals surface area contributed by atoms with E-state index in [2.05, 4.69) is 11.4 Å². The fourth-order valence-electron chi connectivity index (χ4n) is 1.86. The van der Waals surface area contributed by atoms with Crippen LogP contribution >= 0.6 is 0 Å². The van der Waals surface area contributed by atoms with Crippen LogP contribution in [0.1, 0.15) is 18.9 Å². The van der Waals surface area contributed by atoms with Crippen molar-refractivity contribution >= 4 is 11.4 Å². The number of para-hydroxylation sites is 1. The van der Waals surface area contributed by atoms with Gasteiger partial charge in [-0.05, 0) is 19.5 Å². The van der Waals surface area contributed by atoms with Crippen LogP contribution in [0.5, 0.6) is 0 Å². The highest BCUT2D eigenvalue weighted by atomic mass is 16.6. The first-order valence-electron chi connectivity index (χ1n) is 6.15. The molecule has 0 aliphatic heterocycles. The molecule has 0 aromatic heterocycles. The summed E-state index contributed by atoms with van der Waals surface area (Å²) in [7, 11) is 1.89. The van der Waals surface area contributed by atoms with Crippen molar-refractivity contribution in [1.29, 1.82) is 5.26 Å². The summed E-state index contributed by atoms with van der Waals surface area (Å²) >= 11 is 0. The van der Waals surface area contributed by atoms with E-state index in [1.165, 1.54) is 6.07 Å². The second kappa shape index (κ2) is 7.34. The zero-order chi connectivity index (χ0) is 14.3. The summed E-state index contributed by atoms with van der Waals surface area (Å²) in [6.07, 6.45) is 0.446. The molecule has 0 aliphatic carbocycles. The molecule has 0 radical (unpaired) electrons. The number of hydrogen-bond donors (Lipinski definition) is 1. The van der Waals surface area contributed by atoms with Crippen LogP contribution in [0.25, 0.3) is 0 Å². The van der Waals surface area contributed by atoms with Crippen LogP contribution in [0.15, 0.2) is 18.2 Å².